The SMILES string of the molecule is Cc1cc(-c2ccccc2)cc2c1C(O)=C(C(=O)NCC(=O)O)C(=O)C2C. The lowest BCUT2D eigenvalue weighted by molar-refractivity contribution is -0.137. The van der Waals surface area contributed by atoms with Crippen LogP contribution >= 0.6 is 0 Å². The fourth-order valence-electron chi connectivity index (χ4n) is 3.34. The van der Waals surface area contributed by atoms with Crippen molar-refractivity contribution in [2.75, 3.05) is 6.54 Å². The van der Waals surface area contributed by atoms with Gasteiger partial charge in [-0.15, -0.1) is 0 Å². The van der Waals surface area contributed by atoms with Gasteiger partial charge in [0.2, 0.25) is 0 Å². The van der Waals surface area contributed by atoms with E-state index >= 15 is 0 Å². The minimum atomic E-state index is -1.23. The summed E-state index contributed by atoms with van der Waals surface area (Å²) in [6, 6.07) is 13.4. The van der Waals surface area contributed by atoms with E-state index in [9.17, 15) is 19.5 Å². The second kappa shape index (κ2) is 7.07. The standard InChI is InChI=1S/C21H19NO5/c1-11-8-14(13-6-4-3-5-7-13)9-15-12(2)19(25)18(20(26)17(11)15)21(27)22-10-16(23)24/h3-9,12,26H,10H2,1-2H3,(H,22,27)(H,23,24). The van der Waals surface area contributed by atoms with E-state index in [2.05, 4.69) is 5.32 Å². The summed E-state index contributed by atoms with van der Waals surface area (Å²) >= 11 is 0. The molecule has 1 unspecified atom stereocenters. The van der Waals surface area contributed by atoms with Crippen molar-refractivity contribution in [1.29, 1.82) is 0 Å². The van der Waals surface area contributed by atoms with E-state index in [0.717, 1.165) is 16.7 Å². The minimum absolute atomic E-state index is 0.396. The molecule has 6 nitrogen and oxygen atoms in total. The molecule has 1 atom stereocenters. The van der Waals surface area contributed by atoms with Crippen molar-refractivity contribution in [2.45, 2.75) is 19.8 Å². The third-order valence-corrected chi connectivity index (χ3v) is 4.68. The molecule has 0 saturated carbocycles. The quantitative estimate of drug-likeness (QED) is 0.723. The highest BCUT2D eigenvalue weighted by atomic mass is 16.4. The number of Topliss-reactive ketones (excluding diaryl/α,β-unsaturated/α-hetero) is 1. The fourth-order valence-corrected chi connectivity index (χ4v) is 3.34. The molecule has 0 radical (unpaired) electrons. The number of hydrogen-bond acceptors (Lipinski definition) is 4. The predicted octanol–water partition coefficient (Wildman–Crippen LogP) is 2.82. The van der Waals surface area contributed by atoms with Crippen LogP contribution in [0.4, 0.5) is 0 Å². The largest absolute Gasteiger partial charge is 0.506 e. The summed E-state index contributed by atoms with van der Waals surface area (Å²) in [5.41, 5.74) is 3.32. The zero-order valence-electron chi connectivity index (χ0n) is 14.9. The van der Waals surface area contributed by atoms with Crippen LogP contribution in [-0.4, -0.2) is 34.4 Å². The number of aryl methyl sites for hydroxylation is 1. The topological polar surface area (TPSA) is 104 Å². The summed E-state index contributed by atoms with van der Waals surface area (Å²) in [4.78, 5) is 35.6. The molecular weight excluding hydrogens is 346 g/mol. The Hall–Kier alpha value is -3.41. The Bertz CT molecular complexity index is 976. The van der Waals surface area contributed by atoms with E-state index in [1.54, 1.807) is 13.8 Å². The number of amides is 1. The number of aliphatic hydroxyl groups is 1. The summed E-state index contributed by atoms with van der Waals surface area (Å²) in [5.74, 6) is -3.70. The fraction of sp³-hybridized carbons (Fsp3) is 0.190. The Morgan fingerprint density at radius 2 is 1.78 bits per heavy atom. The molecule has 3 rings (SSSR count). The van der Waals surface area contributed by atoms with Gasteiger partial charge < -0.3 is 15.5 Å². The Balaban J connectivity index is 2.12. The van der Waals surface area contributed by atoms with E-state index in [4.69, 9.17) is 5.11 Å². The lowest BCUT2D eigenvalue weighted by atomic mass is 9.78. The second-order valence-corrected chi connectivity index (χ2v) is 6.51. The molecule has 0 fully saturated rings. The number of carbonyl (C=O) groups is 3. The number of rotatable bonds is 4. The molecule has 0 bridgehead atoms. The number of ketones is 1. The lowest BCUT2D eigenvalue weighted by Crippen LogP contribution is -2.36. The highest BCUT2D eigenvalue weighted by Gasteiger charge is 2.36. The van der Waals surface area contributed by atoms with E-state index in [0.29, 0.717) is 11.1 Å². The van der Waals surface area contributed by atoms with Gasteiger partial charge in [-0.1, -0.05) is 43.3 Å². The number of hydrogen-bond donors (Lipinski definition) is 3. The van der Waals surface area contributed by atoms with E-state index < -0.39 is 41.5 Å². The number of benzene rings is 2. The average Bonchev–Trinajstić information content (AvgIpc) is 2.64. The van der Waals surface area contributed by atoms with Crippen molar-refractivity contribution in [3.63, 3.8) is 0 Å². The van der Waals surface area contributed by atoms with Gasteiger partial charge in [-0.3, -0.25) is 14.4 Å². The maximum absolute atomic E-state index is 12.7. The van der Waals surface area contributed by atoms with E-state index in [1.807, 2.05) is 42.5 Å². The van der Waals surface area contributed by atoms with Gasteiger partial charge in [-0.05, 0) is 35.2 Å². The van der Waals surface area contributed by atoms with Crippen LogP contribution in [0.5, 0.6) is 0 Å². The molecule has 6 heteroatoms. The summed E-state index contributed by atoms with van der Waals surface area (Å²) < 4.78 is 0. The number of carbonyl (C=O) groups excluding carboxylic acids is 2. The maximum atomic E-state index is 12.7. The third kappa shape index (κ3) is 3.33. The summed E-state index contributed by atoms with van der Waals surface area (Å²) in [7, 11) is 0. The molecule has 0 aromatic heterocycles. The van der Waals surface area contributed by atoms with Crippen LogP contribution in [0.1, 0.15) is 29.5 Å². The molecule has 1 aliphatic carbocycles. The first kappa shape index (κ1) is 18.4. The van der Waals surface area contributed by atoms with Gasteiger partial charge in [0.05, 0.1) is 0 Å². The van der Waals surface area contributed by atoms with Gasteiger partial charge in [-0.25, -0.2) is 0 Å². The van der Waals surface area contributed by atoms with Crippen molar-refractivity contribution in [1.82, 2.24) is 5.32 Å². The number of carboxylic acids is 1. The highest BCUT2D eigenvalue weighted by Crippen LogP contribution is 2.39. The van der Waals surface area contributed by atoms with Crippen molar-refractivity contribution >= 4 is 23.4 Å². The van der Waals surface area contributed by atoms with Crippen LogP contribution in [0.25, 0.3) is 16.9 Å². The van der Waals surface area contributed by atoms with Gasteiger partial charge in [0.15, 0.2) is 5.78 Å². The lowest BCUT2D eigenvalue weighted by Gasteiger charge is -2.26. The number of aliphatic hydroxyl groups excluding tert-OH is 1. The maximum Gasteiger partial charge on any atom is 0.322 e. The molecule has 27 heavy (non-hydrogen) atoms. The monoisotopic (exact) mass is 365 g/mol. The molecule has 1 amide bonds. The predicted molar refractivity (Wildman–Crippen MR) is 100 cm³/mol. The van der Waals surface area contributed by atoms with Gasteiger partial charge in [0.1, 0.15) is 17.9 Å². The Kier molecular flexibility index (Phi) is 4.81. The first-order valence-corrected chi connectivity index (χ1v) is 8.49. The number of aliphatic carboxylic acids is 1. The van der Waals surface area contributed by atoms with Crippen molar-refractivity contribution < 1.29 is 24.6 Å². The zero-order chi connectivity index (χ0) is 19.7. The van der Waals surface area contributed by atoms with Gasteiger partial charge in [0, 0.05) is 11.5 Å². The highest BCUT2D eigenvalue weighted by molar-refractivity contribution is 6.27. The van der Waals surface area contributed by atoms with E-state index in [-0.39, 0.29) is 0 Å². The Morgan fingerprint density at radius 3 is 2.41 bits per heavy atom. The van der Waals surface area contributed by atoms with Crippen molar-refractivity contribution in [2.24, 2.45) is 0 Å². The molecule has 3 N–H and O–H groups in total. The van der Waals surface area contributed by atoms with Gasteiger partial charge in [-0.2, -0.15) is 0 Å². The van der Waals surface area contributed by atoms with E-state index in [1.165, 1.54) is 0 Å². The molecular formula is C21H19NO5. The molecule has 0 aliphatic heterocycles. The molecule has 2 aromatic rings. The first-order valence-electron chi connectivity index (χ1n) is 8.49. The van der Waals surface area contributed by atoms with Crippen LogP contribution in [0.15, 0.2) is 48.0 Å². The summed E-state index contributed by atoms with van der Waals surface area (Å²) in [6.45, 7) is 2.85. The minimum Gasteiger partial charge on any atom is -0.506 e. The molecule has 0 saturated heterocycles. The normalized spacial score (nSPS) is 16.1. The molecule has 1 aliphatic rings. The number of carboxylic acid groups (broad SMARTS) is 1. The molecule has 0 spiro atoms. The van der Waals surface area contributed by atoms with Crippen LogP contribution in [0.3, 0.4) is 0 Å². The smallest absolute Gasteiger partial charge is 0.322 e. The first-order chi connectivity index (χ1) is 12.8. The summed E-state index contributed by atoms with van der Waals surface area (Å²) in [5, 5.41) is 21.5. The van der Waals surface area contributed by atoms with Crippen molar-refractivity contribution in [3.05, 3.63) is 64.7 Å². The van der Waals surface area contributed by atoms with Crippen LogP contribution in [0, 0.1) is 6.92 Å². The average molecular weight is 365 g/mol. The van der Waals surface area contributed by atoms with Crippen molar-refractivity contribution in [3.8, 4) is 11.1 Å². The Morgan fingerprint density at radius 1 is 1.11 bits per heavy atom. The third-order valence-electron chi connectivity index (χ3n) is 4.68. The molecule has 0 heterocycles. The van der Waals surface area contributed by atoms with Crippen LogP contribution in [-0.2, 0) is 14.4 Å². The number of fused-ring (bicyclic) bond motifs is 1. The zero-order valence-corrected chi connectivity index (χ0v) is 14.9. The van der Waals surface area contributed by atoms with Gasteiger partial charge >= 0.3 is 5.97 Å². The van der Waals surface area contributed by atoms with Gasteiger partial charge in [0.25, 0.3) is 5.91 Å². The molecule has 138 valence electrons. The second-order valence-electron chi connectivity index (χ2n) is 6.51. The summed E-state index contributed by atoms with van der Waals surface area (Å²) in [6.07, 6.45) is 0. The van der Waals surface area contributed by atoms with Crippen LogP contribution in [0.2, 0.25) is 0 Å². The molecule has 2 aromatic carbocycles. The van der Waals surface area contributed by atoms with Crippen LogP contribution < -0.4 is 5.32 Å². The Labute approximate surface area is 156 Å². The number of nitrogens with one attached hydrogen (secondary N) is 1.